The molecule has 4 aliphatic heterocycles. The first-order valence-electron chi connectivity index (χ1n) is 14.1. The Morgan fingerprint density at radius 3 is 1.22 bits per heavy atom. The maximum atomic E-state index is 11.0. The van der Waals surface area contributed by atoms with Gasteiger partial charge >= 0.3 is 0 Å². The molecule has 0 aromatic rings. The largest absolute Gasteiger partial charge is 0.394 e. The highest BCUT2D eigenvalue weighted by atomic mass is 16.8. The molecule has 4 heterocycles. The molecule has 21 heteroatoms. The summed E-state index contributed by atoms with van der Waals surface area (Å²) in [4.78, 5) is 0. The second kappa shape index (κ2) is 15.6. The molecule has 4 rings (SSSR count). The first-order chi connectivity index (χ1) is 21.3. The van der Waals surface area contributed by atoms with E-state index in [0.29, 0.717) is 0 Å². The van der Waals surface area contributed by atoms with Gasteiger partial charge in [0.05, 0.1) is 26.4 Å². The number of hydrogen-bond donors (Lipinski definition) is 14. The molecule has 1 unspecified atom stereocenters. The van der Waals surface area contributed by atoms with Crippen molar-refractivity contribution in [1.82, 2.24) is 0 Å². The van der Waals surface area contributed by atoms with Crippen LogP contribution in [0.1, 0.15) is 0 Å². The highest BCUT2D eigenvalue weighted by molar-refractivity contribution is 4.97. The predicted octanol–water partition coefficient (Wildman–Crippen LogP) is -9.75. The van der Waals surface area contributed by atoms with Crippen molar-refractivity contribution < 1.29 is 105 Å². The maximum Gasteiger partial charge on any atom is 0.187 e. The Hall–Kier alpha value is -0.840. The Morgan fingerprint density at radius 2 is 0.689 bits per heavy atom. The van der Waals surface area contributed by atoms with E-state index >= 15 is 0 Å². The average molecular weight is 667 g/mol. The number of aliphatic hydroxyl groups is 14. The molecule has 4 fully saturated rings. The normalized spacial score (nSPS) is 52.9. The zero-order chi connectivity index (χ0) is 33.3. The van der Waals surface area contributed by atoms with E-state index in [4.69, 9.17) is 33.2 Å². The molecule has 0 aromatic carbocycles. The summed E-state index contributed by atoms with van der Waals surface area (Å²) < 4.78 is 38.1. The van der Waals surface area contributed by atoms with Crippen LogP contribution >= 0.6 is 0 Å². The number of hydrogen-bond acceptors (Lipinski definition) is 21. The first kappa shape index (κ1) is 37.0. The molecule has 0 saturated carbocycles. The Bertz CT molecular complexity index is 912. The van der Waals surface area contributed by atoms with Crippen LogP contribution in [0.3, 0.4) is 0 Å². The zero-order valence-corrected chi connectivity index (χ0v) is 23.5. The number of aliphatic hydroxyl groups excluding tert-OH is 14. The molecule has 264 valence electrons. The predicted molar refractivity (Wildman–Crippen MR) is 134 cm³/mol. The lowest BCUT2D eigenvalue weighted by molar-refractivity contribution is -0.394. The molecule has 14 N–H and O–H groups in total. The van der Waals surface area contributed by atoms with Crippen molar-refractivity contribution in [3.8, 4) is 0 Å². The van der Waals surface area contributed by atoms with Crippen LogP contribution in [0.5, 0.6) is 0 Å². The van der Waals surface area contributed by atoms with Crippen molar-refractivity contribution in [2.24, 2.45) is 0 Å². The Balaban J connectivity index is 1.53. The first-order valence-corrected chi connectivity index (χ1v) is 14.1. The van der Waals surface area contributed by atoms with Gasteiger partial charge in [-0.05, 0) is 0 Å². The summed E-state index contributed by atoms with van der Waals surface area (Å²) in [6, 6.07) is 0. The van der Waals surface area contributed by atoms with Crippen molar-refractivity contribution in [2.45, 2.75) is 123 Å². The molecular weight excluding hydrogens is 624 g/mol. The molecular formula is C24H42O21. The lowest BCUT2D eigenvalue weighted by Crippen LogP contribution is -2.67. The molecule has 0 spiro atoms. The SMILES string of the molecule is OC[C@H]1O[C@H](O[C@H]2[C@@H](O[C@H]3[C@H](O)[C@@H](O)[C@@H](O[C@H]4[C@H](O)[C@@H](O)C(O)O[C@@H]4CO)O[C@@H]3CO)O[C@H](CO)[C@@H](O)[C@@H]2O)[C@H](O)[C@@H](O)[C@@H]1O. The van der Waals surface area contributed by atoms with Crippen LogP contribution in [0.15, 0.2) is 0 Å². The van der Waals surface area contributed by atoms with E-state index in [9.17, 15) is 71.5 Å². The van der Waals surface area contributed by atoms with Gasteiger partial charge in [-0.2, -0.15) is 0 Å². The fraction of sp³-hybridized carbons (Fsp3) is 1.00. The van der Waals surface area contributed by atoms with E-state index in [1.807, 2.05) is 0 Å². The van der Waals surface area contributed by atoms with Crippen LogP contribution in [0.25, 0.3) is 0 Å². The quantitative estimate of drug-likeness (QED) is 0.103. The van der Waals surface area contributed by atoms with Gasteiger partial charge in [0.2, 0.25) is 0 Å². The van der Waals surface area contributed by atoms with E-state index < -0.39 is 149 Å². The van der Waals surface area contributed by atoms with Gasteiger partial charge in [-0.3, -0.25) is 0 Å². The summed E-state index contributed by atoms with van der Waals surface area (Å²) in [5, 5.41) is 142. The minimum atomic E-state index is -2.04. The summed E-state index contributed by atoms with van der Waals surface area (Å²) >= 11 is 0. The molecule has 0 amide bonds. The van der Waals surface area contributed by atoms with Crippen LogP contribution in [0, 0.1) is 0 Å². The summed E-state index contributed by atoms with van der Waals surface area (Å²) in [7, 11) is 0. The molecule has 0 aromatic heterocycles. The monoisotopic (exact) mass is 666 g/mol. The zero-order valence-electron chi connectivity index (χ0n) is 23.5. The molecule has 0 bridgehead atoms. The molecule has 21 nitrogen and oxygen atoms in total. The standard InChI is InChI=1S/C24H42O21/c25-1-5-9(29)11(31)16(36)22(40-5)45-20-12(32)10(30)6(2-26)41-24(20)44-19-8(4-28)42-23(17(37)14(19)34)43-18-7(3-27)39-21(38)15(35)13(18)33/h5-38H,1-4H2/t5-,6-,7-,8-,9-,10-,11+,12+,13-,14-,15-,16-,17-,18-,19-,20-,21?,22-,23-,24-/m1/s1. The Labute approximate surface area is 254 Å². The van der Waals surface area contributed by atoms with E-state index in [0.717, 1.165) is 0 Å². The van der Waals surface area contributed by atoms with E-state index in [2.05, 4.69) is 0 Å². The summed E-state index contributed by atoms with van der Waals surface area (Å²) in [6.07, 6.45) is -35.8. The molecule has 0 aliphatic carbocycles. The van der Waals surface area contributed by atoms with Gasteiger partial charge in [0.15, 0.2) is 25.2 Å². The fourth-order valence-electron chi connectivity index (χ4n) is 5.52. The summed E-state index contributed by atoms with van der Waals surface area (Å²) in [5.74, 6) is 0. The van der Waals surface area contributed by atoms with Gasteiger partial charge in [0.1, 0.15) is 97.7 Å². The highest BCUT2D eigenvalue weighted by Gasteiger charge is 2.55. The van der Waals surface area contributed by atoms with Crippen molar-refractivity contribution in [3.05, 3.63) is 0 Å². The van der Waals surface area contributed by atoms with E-state index in [1.165, 1.54) is 0 Å². The molecule has 4 aliphatic rings. The van der Waals surface area contributed by atoms with Gasteiger partial charge in [0, 0.05) is 0 Å². The van der Waals surface area contributed by atoms with Crippen LogP contribution in [-0.2, 0) is 33.2 Å². The number of ether oxygens (including phenoxy) is 7. The second-order valence-corrected chi connectivity index (χ2v) is 11.1. The third kappa shape index (κ3) is 7.44. The van der Waals surface area contributed by atoms with Crippen molar-refractivity contribution >= 4 is 0 Å². The third-order valence-electron chi connectivity index (χ3n) is 8.21. The fourth-order valence-corrected chi connectivity index (χ4v) is 5.52. The van der Waals surface area contributed by atoms with E-state index in [-0.39, 0.29) is 0 Å². The average Bonchev–Trinajstić information content (AvgIpc) is 3.03. The van der Waals surface area contributed by atoms with Crippen molar-refractivity contribution in [2.75, 3.05) is 26.4 Å². The minimum Gasteiger partial charge on any atom is -0.394 e. The van der Waals surface area contributed by atoms with Crippen molar-refractivity contribution in [3.63, 3.8) is 0 Å². The lowest BCUT2D eigenvalue weighted by Gasteiger charge is -2.49. The van der Waals surface area contributed by atoms with Crippen LogP contribution < -0.4 is 0 Å². The minimum absolute atomic E-state index is 0.818. The number of rotatable bonds is 10. The summed E-state index contributed by atoms with van der Waals surface area (Å²) in [5.41, 5.74) is 0. The van der Waals surface area contributed by atoms with Crippen molar-refractivity contribution in [1.29, 1.82) is 0 Å². The third-order valence-corrected chi connectivity index (χ3v) is 8.21. The molecule has 20 atom stereocenters. The summed E-state index contributed by atoms with van der Waals surface area (Å²) in [6.45, 7) is -3.43. The van der Waals surface area contributed by atoms with Gasteiger partial charge < -0.3 is 105 Å². The maximum absolute atomic E-state index is 11.0. The molecule has 0 radical (unpaired) electrons. The van der Waals surface area contributed by atoms with Gasteiger partial charge in [-0.15, -0.1) is 0 Å². The Kier molecular flexibility index (Phi) is 12.8. The smallest absolute Gasteiger partial charge is 0.187 e. The van der Waals surface area contributed by atoms with Gasteiger partial charge in [0.25, 0.3) is 0 Å². The topological polar surface area (TPSA) is 348 Å². The van der Waals surface area contributed by atoms with Gasteiger partial charge in [-0.25, -0.2) is 0 Å². The van der Waals surface area contributed by atoms with Crippen LogP contribution in [0.4, 0.5) is 0 Å². The highest BCUT2D eigenvalue weighted by Crippen LogP contribution is 2.34. The molecule has 4 saturated heterocycles. The second-order valence-electron chi connectivity index (χ2n) is 11.1. The van der Waals surface area contributed by atoms with E-state index in [1.54, 1.807) is 0 Å². The molecule has 45 heavy (non-hydrogen) atoms. The van der Waals surface area contributed by atoms with Crippen LogP contribution in [0.2, 0.25) is 0 Å². The van der Waals surface area contributed by atoms with Crippen LogP contribution in [-0.4, -0.2) is 221 Å². The van der Waals surface area contributed by atoms with Gasteiger partial charge in [-0.1, -0.05) is 0 Å². The lowest BCUT2D eigenvalue weighted by atomic mass is 9.95. The Morgan fingerprint density at radius 1 is 0.333 bits per heavy atom.